The van der Waals surface area contributed by atoms with Crippen molar-refractivity contribution in [2.75, 3.05) is 0 Å². The molecule has 1 rings (SSSR count). The topological polar surface area (TPSA) is 21.6 Å². The van der Waals surface area contributed by atoms with Gasteiger partial charge in [0.25, 0.3) is 6.40 Å². The lowest BCUT2D eigenvalue weighted by atomic mass is 10.3. The van der Waals surface area contributed by atoms with Crippen molar-refractivity contribution in [3.05, 3.63) is 6.61 Å². The van der Waals surface area contributed by atoms with E-state index in [2.05, 4.69) is 22.7 Å². The molecular formula is C5H6NO. The van der Waals surface area contributed by atoms with Gasteiger partial charge in [0.1, 0.15) is 6.04 Å². The third-order valence-corrected chi connectivity index (χ3v) is 0.836. The molecule has 0 aromatic heterocycles. The summed E-state index contributed by atoms with van der Waals surface area (Å²) >= 11 is 0. The Labute approximate surface area is 43.2 Å². The Balaban J connectivity index is 2.28. The summed E-state index contributed by atoms with van der Waals surface area (Å²) in [6, 6.07) is 0.139. The first-order chi connectivity index (χ1) is 3.43. The second kappa shape index (κ2) is 1.96. The Morgan fingerprint density at radius 2 is 2.71 bits per heavy atom. The third kappa shape index (κ3) is 0.918. The Bertz CT molecular complexity index is 80.1. The van der Waals surface area contributed by atoms with E-state index in [0.717, 1.165) is 6.42 Å². The van der Waals surface area contributed by atoms with Crippen LogP contribution in [-0.2, 0) is 4.74 Å². The predicted molar refractivity (Wildman–Crippen MR) is 25.8 cm³/mol. The zero-order valence-electron chi connectivity index (χ0n) is 4.14. The first-order valence-corrected chi connectivity index (χ1v) is 2.29. The van der Waals surface area contributed by atoms with Crippen LogP contribution < -0.4 is 0 Å². The van der Waals surface area contributed by atoms with E-state index in [0.29, 0.717) is 0 Å². The quantitative estimate of drug-likeness (QED) is 0.471. The molecule has 0 fully saturated rings. The van der Waals surface area contributed by atoms with Crippen molar-refractivity contribution in [2.24, 2.45) is 4.99 Å². The number of rotatable bonds is 1. The van der Waals surface area contributed by atoms with Crippen molar-refractivity contribution < 1.29 is 4.74 Å². The molecule has 0 aliphatic carbocycles. The van der Waals surface area contributed by atoms with Crippen molar-refractivity contribution >= 4 is 6.40 Å². The molecule has 0 bridgehead atoms. The van der Waals surface area contributed by atoms with Crippen molar-refractivity contribution in [3.8, 4) is 0 Å². The van der Waals surface area contributed by atoms with Crippen molar-refractivity contribution in [1.82, 2.24) is 0 Å². The van der Waals surface area contributed by atoms with Gasteiger partial charge in [-0.25, -0.2) is 4.99 Å². The van der Waals surface area contributed by atoms with Crippen molar-refractivity contribution in [3.63, 3.8) is 0 Å². The number of hydrogen-bond acceptors (Lipinski definition) is 2. The molecule has 0 aromatic rings. The highest BCUT2D eigenvalue weighted by atomic mass is 16.5. The molecule has 37 valence electrons. The minimum absolute atomic E-state index is 0.139. The number of ether oxygens (including phenoxy) is 1. The van der Waals surface area contributed by atoms with Crippen LogP contribution in [0.3, 0.4) is 0 Å². The SMILES string of the molecule is CCC1[C]O[C]=N1. The fourth-order valence-corrected chi connectivity index (χ4v) is 0.385. The normalized spacial score (nSPS) is 27.9. The van der Waals surface area contributed by atoms with Gasteiger partial charge in [-0.15, -0.1) is 0 Å². The summed E-state index contributed by atoms with van der Waals surface area (Å²) in [6.07, 6.45) is 3.29. The second-order valence-electron chi connectivity index (χ2n) is 1.36. The lowest BCUT2D eigenvalue weighted by Crippen LogP contribution is -1.95. The van der Waals surface area contributed by atoms with Crippen LogP contribution in [0.2, 0.25) is 0 Å². The summed E-state index contributed by atoms with van der Waals surface area (Å²) in [4.78, 5) is 3.77. The Hall–Kier alpha value is -0.530. The van der Waals surface area contributed by atoms with Gasteiger partial charge in [-0.05, 0) is 6.42 Å². The van der Waals surface area contributed by atoms with Crippen LogP contribution in [0, 0.1) is 6.61 Å². The monoisotopic (exact) mass is 96.0 g/mol. The average Bonchev–Trinajstić information content (AvgIpc) is 2.14. The lowest BCUT2D eigenvalue weighted by molar-refractivity contribution is 0.412. The molecule has 0 amide bonds. The maximum absolute atomic E-state index is 4.48. The fraction of sp³-hybridized carbons (Fsp3) is 0.600. The summed E-state index contributed by atoms with van der Waals surface area (Å²) in [5.41, 5.74) is 0. The lowest BCUT2D eigenvalue weighted by Gasteiger charge is -1.92. The second-order valence-corrected chi connectivity index (χ2v) is 1.36. The van der Waals surface area contributed by atoms with Gasteiger partial charge in [-0.1, -0.05) is 6.92 Å². The molecule has 0 saturated carbocycles. The van der Waals surface area contributed by atoms with Gasteiger partial charge in [0, 0.05) is 0 Å². The van der Waals surface area contributed by atoms with Crippen LogP contribution in [0.1, 0.15) is 13.3 Å². The zero-order valence-corrected chi connectivity index (χ0v) is 4.14. The largest absolute Gasteiger partial charge is 0.456 e. The number of nitrogens with zero attached hydrogens (tertiary/aromatic N) is 1. The molecule has 7 heavy (non-hydrogen) atoms. The van der Waals surface area contributed by atoms with Gasteiger partial charge in [0.05, 0.1) is 0 Å². The van der Waals surface area contributed by atoms with E-state index in [9.17, 15) is 0 Å². The maximum Gasteiger partial charge on any atom is 0.274 e. The van der Waals surface area contributed by atoms with Crippen LogP contribution >= 0.6 is 0 Å². The van der Waals surface area contributed by atoms with E-state index in [4.69, 9.17) is 0 Å². The van der Waals surface area contributed by atoms with Gasteiger partial charge >= 0.3 is 0 Å². The molecule has 2 nitrogen and oxygen atoms in total. The standard InChI is InChI=1S/C5H6NO/c1-2-5-3-7-4-6-5/h5H,2H2,1H3. The summed E-state index contributed by atoms with van der Waals surface area (Å²) in [5.74, 6) is 0. The summed E-state index contributed by atoms with van der Waals surface area (Å²) in [7, 11) is 0. The molecule has 3 radical (unpaired) electrons. The predicted octanol–water partition coefficient (Wildman–Crippen LogP) is 0.739. The Kier molecular flexibility index (Phi) is 1.29. The minimum Gasteiger partial charge on any atom is -0.456 e. The number of aliphatic imine (C=N–C) groups is 1. The number of hydrogen-bond donors (Lipinski definition) is 0. The smallest absolute Gasteiger partial charge is 0.274 e. The molecule has 0 saturated heterocycles. The average molecular weight is 96.1 g/mol. The Morgan fingerprint density at radius 3 is 3.00 bits per heavy atom. The fourth-order valence-electron chi connectivity index (χ4n) is 0.385. The van der Waals surface area contributed by atoms with Crippen LogP contribution in [0.15, 0.2) is 4.99 Å². The zero-order chi connectivity index (χ0) is 5.11. The molecular weight excluding hydrogens is 90.1 g/mol. The third-order valence-electron chi connectivity index (χ3n) is 0.836. The molecule has 1 unspecified atom stereocenters. The molecule has 2 heteroatoms. The van der Waals surface area contributed by atoms with Gasteiger partial charge in [0.15, 0.2) is 0 Å². The van der Waals surface area contributed by atoms with Crippen LogP contribution in [0.4, 0.5) is 0 Å². The van der Waals surface area contributed by atoms with Crippen molar-refractivity contribution in [2.45, 2.75) is 19.4 Å². The molecule has 0 spiro atoms. The minimum atomic E-state index is 0.139. The van der Waals surface area contributed by atoms with Crippen LogP contribution in [0.5, 0.6) is 0 Å². The molecule has 1 aliphatic heterocycles. The summed E-state index contributed by atoms with van der Waals surface area (Å²) in [5, 5.41) is 0. The van der Waals surface area contributed by atoms with E-state index in [-0.39, 0.29) is 6.04 Å². The summed E-state index contributed by atoms with van der Waals surface area (Å²) < 4.78 is 4.48. The molecule has 1 heterocycles. The van der Waals surface area contributed by atoms with Crippen LogP contribution in [0.25, 0.3) is 0 Å². The van der Waals surface area contributed by atoms with E-state index in [1.807, 2.05) is 6.92 Å². The Morgan fingerprint density at radius 1 is 1.86 bits per heavy atom. The first kappa shape index (κ1) is 4.62. The van der Waals surface area contributed by atoms with Gasteiger partial charge in [-0.3, -0.25) is 0 Å². The van der Waals surface area contributed by atoms with E-state index >= 15 is 0 Å². The van der Waals surface area contributed by atoms with Gasteiger partial charge in [0.2, 0.25) is 6.61 Å². The van der Waals surface area contributed by atoms with Gasteiger partial charge < -0.3 is 4.74 Å². The van der Waals surface area contributed by atoms with Crippen LogP contribution in [-0.4, -0.2) is 12.4 Å². The van der Waals surface area contributed by atoms with E-state index in [1.54, 1.807) is 0 Å². The van der Waals surface area contributed by atoms with E-state index < -0.39 is 0 Å². The highest BCUT2D eigenvalue weighted by molar-refractivity contribution is 5.50. The maximum atomic E-state index is 4.48. The van der Waals surface area contributed by atoms with Gasteiger partial charge in [-0.2, -0.15) is 0 Å². The first-order valence-electron chi connectivity index (χ1n) is 2.29. The highest BCUT2D eigenvalue weighted by Gasteiger charge is 2.10. The van der Waals surface area contributed by atoms with Crippen molar-refractivity contribution in [1.29, 1.82) is 0 Å². The molecule has 1 atom stereocenters. The van der Waals surface area contributed by atoms with E-state index in [1.165, 1.54) is 0 Å². The molecule has 0 aromatic carbocycles. The highest BCUT2D eigenvalue weighted by Crippen LogP contribution is 2.06. The molecule has 0 N–H and O–H groups in total. The summed E-state index contributed by atoms with van der Waals surface area (Å²) in [6.45, 7) is 4.65. The molecule has 1 aliphatic rings.